The van der Waals surface area contributed by atoms with E-state index in [0.717, 1.165) is 19.4 Å². The van der Waals surface area contributed by atoms with Gasteiger partial charge in [0, 0.05) is 0 Å². The van der Waals surface area contributed by atoms with Crippen LogP contribution < -0.4 is 5.32 Å². The lowest BCUT2D eigenvalue weighted by Gasteiger charge is -2.05. The summed E-state index contributed by atoms with van der Waals surface area (Å²) in [5.41, 5.74) is 0. The minimum absolute atomic E-state index is 0.199. The molecular weight excluding hydrogens is 146 g/mol. The number of carboxylic acid groups (broad SMARTS) is 1. The third-order valence-corrected chi connectivity index (χ3v) is 1.77. The first-order valence-electron chi connectivity index (χ1n) is 3.68. The molecule has 1 unspecified atom stereocenters. The average Bonchev–Trinajstić information content (AvgIpc) is 2.35. The van der Waals surface area contributed by atoms with Crippen molar-refractivity contribution in [2.75, 3.05) is 6.54 Å². The van der Waals surface area contributed by atoms with Crippen LogP contribution >= 0.6 is 0 Å². The topological polar surface area (TPSA) is 66.4 Å². The number of carbonyl (C=O) groups excluding carboxylic acids is 1. The molecule has 1 aliphatic rings. The number of rotatable bonds is 3. The number of hydrogen-bond donors (Lipinski definition) is 2. The fourth-order valence-electron chi connectivity index (χ4n) is 1.23. The molecule has 0 saturated carbocycles. The molecular formula is C7H11NO3. The summed E-state index contributed by atoms with van der Waals surface area (Å²) in [4.78, 5) is 21.1. The van der Waals surface area contributed by atoms with E-state index in [0.29, 0.717) is 0 Å². The Bertz CT molecular complexity index is 173. The van der Waals surface area contributed by atoms with Crippen molar-refractivity contribution in [2.45, 2.75) is 25.3 Å². The highest BCUT2D eigenvalue weighted by Crippen LogP contribution is 2.07. The van der Waals surface area contributed by atoms with Gasteiger partial charge in [-0.05, 0) is 19.4 Å². The van der Waals surface area contributed by atoms with Gasteiger partial charge in [0.1, 0.15) is 6.42 Å². The van der Waals surface area contributed by atoms with Gasteiger partial charge in [-0.25, -0.2) is 0 Å². The number of ketones is 1. The van der Waals surface area contributed by atoms with Crippen molar-refractivity contribution in [3.63, 3.8) is 0 Å². The van der Waals surface area contributed by atoms with E-state index in [9.17, 15) is 9.59 Å². The van der Waals surface area contributed by atoms with Crippen molar-refractivity contribution in [1.82, 2.24) is 5.32 Å². The van der Waals surface area contributed by atoms with Crippen LogP contribution in [0, 0.1) is 0 Å². The quantitative estimate of drug-likeness (QED) is 0.556. The van der Waals surface area contributed by atoms with Crippen molar-refractivity contribution < 1.29 is 14.7 Å². The molecule has 1 aliphatic heterocycles. The fourth-order valence-corrected chi connectivity index (χ4v) is 1.23. The van der Waals surface area contributed by atoms with E-state index in [-0.39, 0.29) is 18.2 Å². The van der Waals surface area contributed by atoms with Crippen LogP contribution in [-0.4, -0.2) is 29.4 Å². The smallest absolute Gasteiger partial charge is 0.310 e. The molecule has 1 fully saturated rings. The molecule has 62 valence electrons. The third-order valence-electron chi connectivity index (χ3n) is 1.77. The van der Waals surface area contributed by atoms with Crippen LogP contribution in [0.3, 0.4) is 0 Å². The standard InChI is InChI=1S/C7H11NO3/c9-6(4-7(10)11)5-2-1-3-8-5/h5,8H,1-4H2,(H,10,11). The molecule has 0 aliphatic carbocycles. The highest BCUT2D eigenvalue weighted by atomic mass is 16.4. The molecule has 0 amide bonds. The summed E-state index contributed by atoms with van der Waals surface area (Å²) in [5.74, 6) is -1.24. The predicted molar refractivity (Wildman–Crippen MR) is 38.3 cm³/mol. The van der Waals surface area contributed by atoms with E-state index in [4.69, 9.17) is 5.11 Å². The van der Waals surface area contributed by atoms with Gasteiger partial charge < -0.3 is 10.4 Å². The Hall–Kier alpha value is -0.900. The maximum Gasteiger partial charge on any atom is 0.310 e. The van der Waals surface area contributed by atoms with Gasteiger partial charge in [-0.15, -0.1) is 0 Å². The van der Waals surface area contributed by atoms with Crippen molar-refractivity contribution in [3.8, 4) is 0 Å². The van der Waals surface area contributed by atoms with Gasteiger partial charge in [0.05, 0.1) is 6.04 Å². The molecule has 1 rings (SSSR count). The molecule has 1 heterocycles. The fraction of sp³-hybridized carbons (Fsp3) is 0.714. The second-order valence-electron chi connectivity index (χ2n) is 2.69. The van der Waals surface area contributed by atoms with E-state index in [2.05, 4.69) is 5.32 Å². The Kier molecular flexibility index (Phi) is 2.59. The summed E-state index contributed by atoms with van der Waals surface area (Å²) in [6.45, 7) is 0.829. The largest absolute Gasteiger partial charge is 0.481 e. The van der Waals surface area contributed by atoms with Gasteiger partial charge in [-0.1, -0.05) is 0 Å². The van der Waals surface area contributed by atoms with Crippen LogP contribution in [0.15, 0.2) is 0 Å². The first-order valence-corrected chi connectivity index (χ1v) is 3.68. The molecule has 4 nitrogen and oxygen atoms in total. The van der Waals surface area contributed by atoms with Crippen molar-refractivity contribution in [2.24, 2.45) is 0 Å². The normalized spacial score (nSPS) is 23.5. The number of carbonyl (C=O) groups is 2. The Morgan fingerprint density at radius 2 is 2.27 bits per heavy atom. The Morgan fingerprint density at radius 1 is 1.55 bits per heavy atom. The molecule has 0 spiro atoms. The molecule has 0 radical (unpaired) electrons. The van der Waals surface area contributed by atoms with Crippen LogP contribution in [0.4, 0.5) is 0 Å². The zero-order valence-electron chi connectivity index (χ0n) is 6.17. The summed E-state index contributed by atoms with van der Waals surface area (Å²) in [6, 6.07) is -0.203. The SMILES string of the molecule is O=C(O)CC(=O)C1CCCN1. The molecule has 0 aromatic heterocycles. The predicted octanol–water partition coefficient (Wildman–Crippen LogP) is -0.218. The average molecular weight is 157 g/mol. The van der Waals surface area contributed by atoms with Crippen LogP contribution in [0.25, 0.3) is 0 Å². The van der Waals surface area contributed by atoms with Gasteiger partial charge in [0.2, 0.25) is 0 Å². The van der Waals surface area contributed by atoms with E-state index in [1.54, 1.807) is 0 Å². The number of carboxylic acids is 1. The number of Topliss-reactive ketones (excluding diaryl/α,β-unsaturated/α-hetero) is 1. The maximum absolute atomic E-state index is 11.0. The van der Waals surface area contributed by atoms with Gasteiger partial charge in [-0.2, -0.15) is 0 Å². The van der Waals surface area contributed by atoms with Crippen LogP contribution in [-0.2, 0) is 9.59 Å². The van der Waals surface area contributed by atoms with Gasteiger partial charge in [-0.3, -0.25) is 9.59 Å². The van der Waals surface area contributed by atoms with Crippen molar-refractivity contribution in [1.29, 1.82) is 0 Å². The third kappa shape index (κ3) is 2.31. The van der Waals surface area contributed by atoms with E-state index < -0.39 is 5.97 Å². The first kappa shape index (κ1) is 8.20. The van der Waals surface area contributed by atoms with E-state index in [1.807, 2.05) is 0 Å². The molecule has 2 N–H and O–H groups in total. The Balaban J connectivity index is 2.34. The lowest BCUT2D eigenvalue weighted by molar-refractivity contribution is -0.140. The maximum atomic E-state index is 11.0. The highest BCUT2D eigenvalue weighted by molar-refractivity contribution is 5.97. The van der Waals surface area contributed by atoms with Crippen LogP contribution in [0.2, 0.25) is 0 Å². The molecule has 1 atom stereocenters. The zero-order valence-corrected chi connectivity index (χ0v) is 6.17. The second-order valence-corrected chi connectivity index (χ2v) is 2.69. The summed E-state index contributed by atoms with van der Waals surface area (Å²) in [7, 11) is 0. The summed E-state index contributed by atoms with van der Waals surface area (Å²) < 4.78 is 0. The van der Waals surface area contributed by atoms with Crippen LogP contribution in [0.1, 0.15) is 19.3 Å². The van der Waals surface area contributed by atoms with Crippen LogP contribution in [0.5, 0.6) is 0 Å². The summed E-state index contributed by atoms with van der Waals surface area (Å²) in [6.07, 6.45) is 1.40. The van der Waals surface area contributed by atoms with Gasteiger partial charge in [0.15, 0.2) is 5.78 Å². The number of aliphatic carboxylic acids is 1. The van der Waals surface area contributed by atoms with Crippen molar-refractivity contribution in [3.05, 3.63) is 0 Å². The Morgan fingerprint density at radius 3 is 2.73 bits per heavy atom. The molecule has 1 saturated heterocycles. The lowest BCUT2D eigenvalue weighted by atomic mass is 10.1. The minimum atomic E-state index is -1.04. The van der Waals surface area contributed by atoms with E-state index >= 15 is 0 Å². The summed E-state index contributed by atoms with van der Waals surface area (Å²) in [5, 5.41) is 11.2. The zero-order chi connectivity index (χ0) is 8.27. The highest BCUT2D eigenvalue weighted by Gasteiger charge is 2.23. The first-order chi connectivity index (χ1) is 5.20. The lowest BCUT2D eigenvalue weighted by Crippen LogP contribution is -2.31. The van der Waals surface area contributed by atoms with Gasteiger partial charge in [0.25, 0.3) is 0 Å². The second kappa shape index (κ2) is 3.48. The number of hydrogen-bond acceptors (Lipinski definition) is 3. The number of nitrogens with one attached hydrogen (secondary N) is 1. The monoisotopic (exact) mass is 157 g/mol. The molecule has 4 heteroatoms. The minimum Gasteiger partial charge on any atom is -0.481 e. The van der Waals surface area contributed by atoms with E-state index in [1.165, 1.54) is 0 Å². The summed E-state index contributed by atoms with van der Waals surface area (Å²) >= 11 is 0. The van der Waals surface area contributed by atoms with Gasteiger partial charge >= 0.3 is 5.97 Å². The molecule has 0 bridgehead atoms. The Labute approximate surface area is 64.6 Å². The van der Waals surface area contributed by atoms with Crippen molar-refractivity contribution >= 4 is 11.8 Å². The molecule has 0 aromatic carbocycles. The molecule has 11 heavy (non-hydrogen) atoms. The molecule has 0 aromatic rings.